The number of furan rings is 1. The first-order chi connectivity index (χ1) is 15.0. The van der Waals surface area contributed by atoms with Crippen LogP contribution in [-0.2, 0) is 24.9 Å². The van der Waals surface area contributed by atoms with Gasteiger partial charge in [-0.15, -0.1) is 0 Å². The van der Waals surface area contributed by atoms with Crippen molar-refractivity contribution in [1.82, 2.24) is 14.4 Å². The lowest BCUT2D eigenvalue weighted by molar-refractivity contribution is -0.133. The number of hydrogen-bond donors (Lipinski definition) is 0. The average Bonchev–Trinajstić information content (AvgIpc) is 3.42. The van der Waals surface area contributed by atoms with Crippen molar-refractivity contribution in [3.63, 3.8) is 0 Å². The average molecular weight is 422 g/mol. The van der Waals surface area contributed by atoms with Gasteiger partial charge < -0.3 is 18.8 Å². The summed E-state index contributed by atoms with van der Waals surface area (Å²) in [6.45, 7) is 5.46. The molecule has 0 spiro atoms. The fraction of sp³-hybridized carbons (Fsp3) is 0.360. The Morgan fingerprint density at radius 3 is 2.39 bits per heavy atom. The Hall–Kier alpha value is -3.28. The summed E-state index contributed by atoms with van der Waals surface area (Å²) in [5.74, 6) is 0.500. The van der Waals surface area contributed by atoms with Gasteiger partial charge >= 0.3 is 0 Å². The second-order valence-corrected chi connectivity index (χ2v) is 7.89. The van der Waals surface area contributed by atoms with Gasteiger partial charge in [-0.25, -0.2) is 0 Å². The van der Waals surface area contributed by atoms with Crippen LogP contribution in [0.2, 0.25) is 0 Å². The quantitative estimate of drug-likeness (QED) is 0.488. The van der Waals surface area contributed by atoms with Crippen LogP contribution in [0, 0.1) is 6.92 Å². The minimum Gasteiger partial charge on any atom is -0.467 e. The number of carbonyl (C=O) groups excluding carboxylic acids is 2. The smallest absolute Gasteiger partial charge is 0.254 e. The SMILES string of the molecule is CCCCN(CC(=O)N(Cc1ccco1)Cc1cccn1C)C(=O)c1ccc(C)cc1. The molecule has 0 N–H and O–H groups in total. The Morgan fingerprint density at radius 1 is 1.00 bits per heavy atom. The minimum absolute atomic E-state index is 0.0395. The van der Waals surface area contributed by atoms with Crippen LogP contribution in [0.5, 0.6) is 0 Å². The zero-order valence-corrected chi connectivity index (χ0v) is 18.6. The Balaban J connectivity index is 1.78. The van der Waals surface area contributed by atoms with E-state index in [2.05, 4.69) is 6.92 Å². The van der Waals surface area contributed by atoms with Crippen molar-refractivity contribution in [2.45, 2.75) is 39.8 Å². The second-order valence-electron chi connectivity index (χ2n) is 7.89. The number of amides is 2. The van der Waals surface area contributed by atoms with E-state index in [9.17, 15) is 9.59 Å². The van der Waals surface area contributed by atoms with E-state index in [1.807, 2.05) is 73.3 Å². The first-order valence-corrected chi connectivity index (χ1v) is 10.7. The molecule has 164 valence electrons. The maximum Gasteiger partial charge on any atom is 0.254 e. The van der Waals surface area contributed by atoms with Crippen molar-refractivity contribution >= 4 is 11.8 Å². The maximum atomic E-state index is 13.4. The second kappa shape index (κ2) is 10.7. The molecule has 3 aromatic rings. The number of rotatable bonds is 10. The molecular weight excluding hydrogens is 390 g/mol. The summed E-state index contributed by atoms with van der Waals surface area (Å²) in [5, 5.41) is 0. The highest BCUT2D eigenvalue weighted by atomic mass is 16.3. The minimum atomic E-state index is -0.112. The highest BCUT2D eigenvalue weighted by molar-refractivity contribution is 5.96. The van der Waals surface area contributed by atoms with Crippen LogP contribution in [0.15, 0.2) is 65.4 Å². The van der Waals surface area contributed by atoms with E-state index in [-0.39, 0.29) is 18.4 Å². The zero-order chi connectivity index (χ0) is 22.2. The molecule has 0 aliphatic heterocycles. The molecule has 0 saturated heterocycles. The van der Waals surface area contributed by atoms with Crippen molar-refractivity contribution in [2.24, 2.45) is 7.05 Å². The van der Waals surface area contributed by atoms with Gasteiger partial charge in [0.15, 0.2) is 0 Å². The van der Waals surface area contributed by atoms with E-state index in [4.69, 9.17) is 4.42 Å². The number of aryl methyl sites for hydroxylation is 2. The van der Waals surface area contributed by atoms with E-state index in [1.54, 1.807) is 16.1 Å². The molecule has 3 rings (SSSR count). The third kappa shape index (κ3) is 6.10. The van der Waals surface area contributed by atoms with E-state index in [0.29, 0.717) is 31.0 Å². The van der Waals surface area contributed by atoms with E-state index in [0.717, 1.165) is 24.1 Å². The lowest BCUT2D eigenvalue weighted by atomic mass is 10.1. The normalized spacial score (nSPS) is 10.8. The fourth-order valence-electron chi connectivity index (χ4n) is 3.42. The Bertz CT molecular complexity index is 974. The monoisotopic (exact) mass is 421 g/mol. The van der Waals surface area contributed by atoms with Crippen LogP contribution in [0.3, 0.4) is 0 Å². The van der Waals surface area contributed by atoms with Gasteiger partial charge in [0, 0.05) is 31.0 Å². The standard InChI is InChI=1S/C25H31N3O3/c1-4-5-15-27(25(30)21-12-10-20(2)11-13-21)19-24(29)28(18-23-9-7-16-31-23)17-22-8-6-14-26(22)3/h6-14,16H,4-5,15,17-19H2,1-3H3. The van der Waals surface area contributed by atoms with Crippen molar-refractivity contribution in [3.8, 4) is 0 Å². The largest absolute Gasteiger partial charge is 0.467 e. The molecule has 0 unspecified atom stereocenters. The lowest BCUT2D eigenvalue weighted by Gasteiger charge is -2.27. The Morgan fingerprint density at radius 2 is 1.77 bits per heavy atom. The summed E-state index contributed by atoms with van der Waals surface area (Å²) in [7, 11) is 1.96. The third-order valence-electron chi connectivity index (χ3n) is 5.38. The van der Waals surface area contributed by atoms with Gasteiger partial charge in [0.25, 0.3) is 5.91 Å². The van der Waals surface area contributed by atoms with Crippen molar-refractivity contribution < 1.29 is 14.0 Å². The van der Waals surface area contributed by atoms with Gasteiger partial charge in [-0.2, -0.15) is 0 Å². The molecule has 0 aliphatic carbocycles. The molecule has 0 aliphatic rings. The van der Waals surface area contributed by atoms with Gasteiger partial charge in [0.05, 0.1) is 19.4 Å². The number of carbonyl (C=O) groups is 2. The van der Waals surface area contributed by atoms with Crippen molar-refractivity contribution in [3.05, 3.63) is 83.6 Å². The zero-order valence-electron chi connectivity index (χ0n) is 18.6. The van der Waals surface area contributed by atoms with Crippen LogP contribution in [0.1, 0.15) is 47.1 Å². The molecule has 2 aromatic heterocycles. The van der Waals surface area contributed by atoms with Crippen molar-refractivity contribution in [2.75, 3.05) is 13.1 Å². The molecular formula is C25H31N3O3. The highest BCUT2D eigenvalue weighted by Crippen LogP contribution is 2.14. The lowest BCUT2D eigenvalue weighted by Crippen LogP contribution is -2.43. The number of unbranched alkanes of at least 4 members (excludes halogenated alkanes) is 1. The molecule has 6 nitrogen and oxygen atoms in total. The Labute approximate surface area is 184 Å². The number of benzene rings is 1. The van der Waals surface area contributed by atoms with Crippen LogP contribution in [0.4, 0.5) is 0 Å². The molecule has 0 atom stereocenters. The summed E-state index contributed by atoms with van der Waals surface area (Å²) in [5.41, 5.74) is 2.72. The summed E-state index contributed by atoms with van der Waals surface area (Å²) in [6, 6.07) is 15.1. The van der Waals surface area contributed by atoms with Crippen LogP contribution < -0.4 is 0 Å². The number of hydrogen-bond acceptors (Lipinski definition) is 3. The molecule has 6 heteroatoms. The summed E-state index contributed by atoms with van der Waals surface area (Å²) in [6.07, 6.45) is 5.36. The molecule has 0 bridgehead atoms. The molecule has 0 saturated carbocycles. The van der Waals surface area contributed by atoms with Gasteiger partial charge in [0.2, 0.25) is 5.91 Å². The van der Waals surface area contributed by atoms with Crippen molar-refractivity contribution in [1.29, 1.82) is 0 Å². The number of nitrogens with zero attached hydrogens (tertiary/aromatic N) is 3. The number of aromatic nitrogens is 1. The molecule has 2 heterocycles. The van der Waals surface area contributed by atoms with Gasteiger partial charge in [0.1, 0.15) is 12.3 Å². The topological polar surface area (TPSA) is 58.7 Å². The van der Waals surface area contributed by atoms with Gasteiger partial charge in [-0.3, -0.25) is 9.59 Å². The summed E-state index contributed by atoms with van der Waals surface area (Å²) < 4.78 is 7.47. The fourth-order valence-corrected chi connectivity index (χ4v) is 3.42. The van der Waals surface area contributed by atoms with Crippen LogP contribution >= 0.6 is 0 Å². The van der Waals surface area contributed by atoms with E-state index >= 15 is 0 Å². The molecule has 1 aromatic carbocycles. The van der Waals surface area contributed by atoms with E-state index in [1.165, 1.54) is 0 Å². The third-order valence-corrected chi connectivity index (χ3v) is 5.38. The summed E-state index contributed by atoms with van der Waals surface area (Å²) in [4.78, 5) is 29.9. The molecule has 31 heavy (non-hydrogen) atoms. The predicted molar refractivity (Wildman–Crippen MR) is 120 cm³/mol. The molecule has 0 fully saturated rings. The molecule has 2 amide bonds. The van der Waals surface area contributed by atoms with Gasteiger partial charge in [-0.1, -0.05) is 31.0 Å². The predicted octanol–water partition coefficient (Wildman–Crippen LogP) is 4.40. The Kier molecular flexibility index (Phi) is 7.70. The summed E-state index contributed by atoms with van der Waals surface area (Å²) >= 11 is 0. The first kappa shape index (κ1) is 22.4. The first-order valence-electron chi connectivity index (χ1n) is 10.7. The maximum absolute atomic E-state index is 13.4. The van der Waals surface area contributed by atoms with Gasteiger partial charge in [-0.05, 0) is 49.7 Å². The van der Waals surface area contributed by atoms with Crippen LogP contribution in [-0.4, -0.2) is 39.3 Å². The molecule has 0 radical (unpaired) electrons. The highest BCUT2D eigenvalue weighted by Gasteiger charge is 2.23. The van der Waals surface area contributed by atoms with Crippen LogP contribution in [0.25, 0.3) is 0 Å². The van der Waals surface area contributed by atoms with E-state index < -0.39 is 0 Å².